The van der Waals surface area contributed by atoms with E-state index in [-0.39, 0.29) is 23.8 Å². The Bertz CT molecular complexity index is 964. The SMILES string of the molecule is Cc1nnc2n1C[C@@H](C(=O)N[C@@H](c1nc(-c3cccnc3)no1)C(C)C)CC2. The van der Waals surface area contributed by atoms with Crippen LogP contribution in [0.2, 0.25) is 0 Å². The zero-order chi connectivity index (χ0) is 19.7. The van der Waals surface area contributed by atoms with Gasteiger partial charge in [0.25, 0.3) is 0 Å². The van der Waals surface area contributed by atoms with Crippen LogP contribution in [0, 0.1) is 18.8 Å². The minimum atomic E-state index is -0.353. The van der Waals surface area contributed by atoms with Gasteiger partial charge in [-0.2, -0.15) is 4.98 Å². The zero-order valence-corrected chi connectivity index (χ0v) is 16.2. The number of rotatable bonds is 5. The Hall–Kier alpha value is -3.10. The number of pyridine rings is 1. The molecule has 1 N–H and O–H groups in total. The number of nitrogens with one attached hydrogen (secondary N) is 1. The number of aromatic nitrogens is 6. The first kappa shape index (κ1) is 18.3. The van der Waals surface area contributed by atoms with Crippen molar-refractivity contribution in [1.82, 2.24) is 35.2 Å². The average Bonchev–Trinajstić information content (AvgIpc) is 3.33. The van der Waals surface area contributed by atoms with Crippen LogP contribution in [-0.4, -0.2) is 35.8 Å². The molecule has 1 aliphatic heterocycles. The molecule has 9 nitrogen and oxygen atoms in total. The molecular formula is C19H23N7O2. The van der Waals surface area contributed by atoms with Crippen molar-refractivity contribution in [2.24, 2.45) is 11.8 Å². The third-order valence-electron chi connectivity index (χ3n) is 5.09. The molecule has 28 heavy (non-hydrogen) atoms. The highest BCUT2D eigenvalue weighted by molar-refractivity contribution is 5.79. The van der Waals surface area contributed by atoms with Gasteiger partial charge < -0.3 is 14.4 Å². The molecule has 2 atom stereocenters. The molecule has 9 heteroatoms. The Morgan fingerprint density at radius 3 is 2.96 bits per heavy atom. The number of hydrogen-bond donors (Lipinski definition) is 1. The van der Waals surface area contributed by atoms with E-state index in [0.717, 1.165) is 30.1 Å². The molecular weight excluding hydrogens is 358 g/mol. The fourth-order valence-electron chi connectivity index (χ4n) is 3.43. The summed E-state index contributed by atoms with van der Waals surface area (Å²) in [6.07, 6.45) is 4.87. The normalized spacial score (nSPS) is 17.4. The number of amides is 1. The van der Waals surface area contributed by atoms with Gasteiger partial charge in [0, 0.05) is 30.9 Å². The standard InChI is InChI=1S/C19H23N7O2/c1-11(2)16(19-22-17(25-28-19)13-5-4-8-20-9-13)21-18(27)14-6-7-15-24-23-12(3)26(15)10-14/h4-5,8-9,11,14,16H,6-7,10H2,1-3H3,(H,21,27)/t14-,16+/m0/s1. The monoisotopic (exact) mass is 381 g/mol. The second-order valence-corrected chi connectivity index (χ2v) is 7.44. The van der Waals surface area contributed by atoms with E-state index in [1.54, 1.807) is 12.4 Å². The van der Waals surface area contributed by atoms with Crippen LogP contribution in [0.15, 0.2) is 29.0 Å². The maximum Gasteiger partial charge on any atom is 0.249 e. The Balaban J connectivity index is 1.49. The van der Waals surface area contributed by atoms with Crippen LogP contribution < -0.4 is 5.32 Å². The summed E-state index contributed by atoms with van der Waals surface area (Å²) in [4.78, 5) is 21.5. The van der Waals surface area contributed by atoms with E-state index in [4.69, 9.17) is 4.52 Å². The van der Waals surface area contributed by atoms with Crippen molar-refractivity contribution in [3.05, 3.63) is 42.1 Å². The van der Waals surface area contributed by atoms with Crippen molar-refractivity contribution in [3.8, 4) is 11.4 Å². The van der Waals surface area contributed by atoms with Gasteiger partial charge in [0.1, 0.15) is 17.7 Å². The van der Waals surface area contributed by atoms with E-state index >= 15 is 0 Å². The molecule has 4 rings (SSSR count). The second kappa shape index (κ2) is 7.49. The first-order valence-corrected chi connectivity index (χ1v) is 9.46. The summed E-state index contributed by atoms with van der Waals surface area (Å²) in [6, 6.07) is 3.33. The summed E-state index contributed by atoms with van der Waals surface area (Å²) in [5.41, 5.74) is 0.772. The van der Waals surface area contributed by atoms with Crippen molar-refractivity contribution >= 4 is 5.91 Å². The van der Waals surface area contributed by atoms with E-state index in [2.05, 4.69) is 30.6 Å². The lowest BCUT2D eigenvalue weighted by Crippen LogP contribution is -2.40. The van der Waals surface area contributed by atoms with Gasteiger partial charge in [-0.15, -0.1) is 10.2 Å². The summed E-state index contributed by atoms with van der Waals surface area (Å²) in [7, 11) is 0. The molecule has 0 unspecified atom stereocenters. The van der Waals surface area contributed by atoms with Gasteiger partial charge in [-0.1, -0.05) is 19.0 Å². The van der Waals surface area contributed by atoms with Gasteiger partial charge in [0.05, 0.1) is 5.92 Å². The van der Waals surface area contributed by atoms with Crippen molar-refractivity contribution in [3.63, 3.8) is 0 Å². The van der Waals surface area contributed by atoms with Crippen LogP contribution in [0.4, 0.5) is 0 Å². The van der Waals surface area contributed by atoms with Crippen LogP contribution >= 0.6 is 0 Å². The van der Waals surface area contributed by atoms with Crippen LogP contribution in [0.3, 0.4) is 0 Å². The van der Waals surface area contributed by atoms with Crippen molar-refractivity contribution in [2.75, 3.05) is 0 Å². The Morgan fingerprint density at radius 1 is 1.36 bits per heavy atom. The number of nitrogens with zero attached hydrogens (tertiary/aromatic N) is 6. The van der Waals surface area contributed by atoms with E-state index in [1.165, 1.54) is 0 Å². The molecule has 3 aromatic rings. The van der Waals surface area contributed by atoms with E-state index in [9.17, 15) is 4.79 Å². The van der Waals surface area contributed by atoms with Crippen molar-refractivity contribution < 1.29 is 9.32 Å². The summed E-state index contributed by atoms with van der Waals surface area (Å²) in [5, 5.41) is 15.4. The number of carbonyl (C=O) groups is 1. The molecule has 0 bridgehead atoms. The minimum absolute atomic E-state index is 0.0152. The number of carbonyl (C=O) groups excluding carboxylic acids is 1. The predicted octanol–water partition coefficient (Wildman–Crippen LogP) is 2.11. The van der Waals surface area contributed by atoms with Crippen LogP contribution in [-0.2, 0) is 17.8 Å². The lowest BCUT2D eigenvalue weighted by atomic mass is 9.96. The molecule has 1 aliphatic rings. The number of hydrogen-bond acceptors (Lipinski definition) is 7. The first-order valence-electron chi connectivity index (χ1n) is 9.46. The third kappa shape index (κ3) is 3.51. The Kier molecular flexibility index (Phi) is 4.89. The molecule has 146 valence electrons. The van der Waals surface area contributed by atoms with E-state index in [0.29, 0.717) is 18.3 Å². The molecule has 0 aromatic carbocycles. The summed E-state index contributed by atoms with van der Waals surface area (Å²) in [5.74, 6) is 2.60. The van der Waals surface area contributed by atoms with Gasteiger partial charge in [-0.05, 0) is 31.4 Å². The lowest BCUT2D eigenvalue weighted by molar-refractivity contribution is -0.127. The number of fused-ring (bicyclic) bond motifs is 1. The first-order chi connectivity index (χ1) is 13.5. The zero-order valence-electron chi connectivity index (χ0n) is 16.2. The largest absolute Gasteiger partial charge is 0.344 e. The van der Waals surface area contributed by atoms with Gasteiger partial charge >= 0.3 is 0 Å². The number of aryl methyl sites for hydroxylation is 2. The molecule has 0 saturated heterocycles. The Morgan fingerprint density at radius 2 is 2.21 bits per heavy atom. The quantitative estimate of drug-likeness (QED) is 0.720. The fraction of sp³-hybridized carbons (Fsp3) is 0.474. The van der Waals surface area contributed by atoms with Crippen LogP contribution in [0.25, 0.3) is 11.4 Å². The van der Waals surface area contributed by atoms with Gasteiger partial charge in [0.15, 0.2) is 0 Å². The molecule has 4 heterocycles. The highest BCUT2D eigenvalue weighted by Gasteiger charge is 2.31. The van der Waals surface area contributed by atoms with Crippen molar-refractivity contribution in [2.45, 2.75) is 46.2 Å². The maximum atomic E-state index is 12.9. The fourth-order valence-corrected chi connectivity index (χ4v) is 3.43. The summed E-state index contributed by atoms with van der Waals surface area (Å²) < 4.78 is 7.48. The molecule has 0 aliphatic carbocycles. The highest BCUT2D eigenvalue weighted by atomic mass is 16.5. The molecule has 0 radical (unpaired) electrons. The topological polar surface area (TPSA) is 112 Å². The molecule has 1 amide bonds. The van der Waals surface area contributed by atoms with Crippen LogP contribution in [0.5, 0.6) is 0 Å². The highest BCUT2D eigenvalue weighted by Crippen LogP contribution is 2.26. The minimum Gasteiger partial charge on any atom is -0.344 e. The molecule has 3 aromatic heterocycles. The molecule has 0 spiro atoms. The van der Waals surface area contributed by atoms with E-state index < -0.39 is 0 Å². The van der Waals surface area contributed by atoms with Gasteiger partial charge in [-0.3, -0.25) is 9.78 Å². The smallest absolute Gasteiger partial charge is 0.249 e. The molecule has 0 saturated carbocycles. The lowest BCUT2D eigenvalue weighted by Gasteiger charge is -2.26. The summed E-state index contributed by atoms with van der Waals surface area (Å²) in [6.45, 7) is 6.53. The average molecular weight is 381 g/mol. The van der Waals surface area contributed by atoms with Gasteiger partial charge in [0.2, 0.25) is 17.6 Å². The Labute approximate surface area is 162 Å². The maximum absolute atomic E-state index is 12.9. The van der Waals surface area contributed by atoms with Crippen molar-refractivity contribution in [1.29, 1.82) is 0 Å². The second-order valence-electron chi connectivity index (χ2n) is 7.44. The third-order valence-corrected chi connectivity index (χ3v) is 5.09. The van der Waals surface area contributed by atoms with Gasteiger partial charge in [-0.25, -0.2) is 0 Å². The van der Waals surface area contributed by atoms with Crippen LogP contribution in [0.1, 0.15) is 43.8 Å². The molecule has 0 fully saturated rings. The van der Waals surface area contributed by atoms with E-state index in [1.807, 2.05) is 37.5 Å². The predicted molar refractivity (Wildman–Crippen MR) is 99.8 cm³/mol. The summed E-state index contributed by atoms with van der Waals surface area (Å²) >= 11 is 0.